The minimum atomic E-state index is -0.480. The van der Waals surface area contributed by atoms with E-state index in [0.29, 0.717) is 22.8 Å². The van der Waals surface area contributed by atoms with Gasteiger partial charge in [-0.2, -0.15) is 0 Å². The lowest BCUT2D eigenvalue weighted by molar-refractivity contribution is -0.113. The van der Waals surface area contributed by atoms with Crippen LogP contribution in [-0.4, -0.2) is 18.9 Å². The maximum absolute atomic E-state index is 12.7. The molecule has 142 valence electrons. The van der Waals surface area contributed by atoms with Crippen LogP contribution in [0.5, 0.6) is 5.75 Å². The first-order chi connectivity index (χ1) is 13.5. The van der Waals surface area contributed by atoms with Gasteiger partial charge in [0.15, 0.2) is 0 Å². The van der Waals surface area contributed by atoms with Crippen molar-refractivity contribution in [2.24, 2.45) is 0 Å². The van der Waals surface area contributed by atoms with Crippen LogP contribution in [0.15, 0.2) is 81.5 Å². The normalized spacial score (nSPS) is 11.0. The summed E-state index contributed by atoms with van der Waals surface area (Å²) >= 11 is 3.33. The lowest BCUT2D eigenvalue weighted by Crippen LogP contribution is -2.30. The number of rotatable bonds is 6. The van der Waals surface area contributed by atoms with Crippen molar-refractivity contribution in [1.29, 1.82) is 0 Å². The highest BCUT2D eigenvalue weighted by molar-refractivity contribution is 9.10. The molecule has 7 heteroatoms. The Morgan fingerprint density at radius 2 is 1.75 bits per heavy atom. The molecule has 2 aromatic carbocycles. The summed E-state index contributed by atoms with van der Waals surface area (Å²) in [5.41, 5.74) is 1.04. The molecule has 0 fully saturated rings. The number of anilines is 1. The number of benzene rings is 2. The number of hydrogen-bond donors (Lipinski definition) is 2. The number of halogens is 1. The zero-order chi connectivity index (χ0) is 19.9. The van der Waals surface area contributed by atoms with Gasteiger partial charge in [0.05, 0.1) is 13.4 Å². The van der Waals surface area contributed by atoms with Crippen LogP contribution in [0.1, 0.15) is 16.1 Å². The zero-order valence-electron chi connectivity index (χ0n) is 14.9. The molecule has 3 aromatic rings. The van der Waals surface area contributed by atoms with Crippen molar-refractivity contribution in [3.63, 3.8) is 0 Å². The summed E-state index contributed by atoms with van der Waals surface area (Å²) in [4.78, 5) is 25.3. The molecular weight excluding hydrogens is 424 g/mol. The Kier molecular flexibility index (Phi) is 6.29. The third-order valence-corrected chi connectivity index (χ3v) is 4.31. The van der Waals surface area contributed by atoms with Crippen molar-refractivity contribution in [3.8, 4) is 5.75 Å². The van der Waals surface area contributed by atoms with Gasteiger partial charge in [-0.3, -0.25) is 9.59 Å². The fourth-order valence-corrected chi connectivity index (χ4v) is 2.61. The molecule has 0 aliphatic rings. The number of ether oxygens (including phenoxy) is 1. The number of carbonyl (C=O) groups is 2. The molecule has 28 heavy (non-hydrogen) atoms. The fourth-order valence-electron chi connectivity index (χ4n) is 2.34. The Hall–Kier alpha value is -3.32. The molecule has 3 rings (SSSR count). The van der Waals surface area contributed by atoms with E-state index in [1.165, 1.54) is 12.3 Å². The summed E-state index contributed by atoms with van der Waals surface area (Å²) in [6, 6.07) is 17.1. The quantitative estimate of drug-likeness (QED) is 0.554. The predicted octanol–water partition coefficient (Wildman–Crippen LogP) is 4.46. The predicted molar refractivity (Wildman–Crippen MR) is 110 cm³/mol. The van der Waals surface area contributed by atoms with Crippen molar-refractivity contribution < 1.29 is 18.7 Å². The number of methoxy groups -OCH3 is 1. The van der Waals surface area contributed by atoms with Crippen molar-refractivity contribution >= 4 is 39.5 Å². The molecule has 6 nitrogen and oxygen atoms in total. The van der Waals surface area contributed by atoms with E-state index in [1.807, 2.05) is 0 Å². The minimum Gasteiger partial charge on any atom is -0.497 e. The molecule has 1 aromatic heterocycles. The molecule has 0 saturated carbocycles. The molecule has 0 aliphatic carbocycles. The van der Waals surface area contributed by atoms with Gasteiger partial charge in [0.2, 0.25) is 0 Å². The number of carbonyl (C=O) groups excluding carboxylic acids is 2. The zero-order valence-corrected chi connectivity index (χ0v) is 16.5. The number of hydrogen-bond acceptors (Lipinski definition) is 4. The van der Waals surface area contributed by atoms with Gasteiger partial charge >= 0.3 is 0 Å². The van der Waals surface area contributed by atoms with Crippen molar-refractivity contribution in [3.05, 3.63) is 88.4 Å². The summed E-state index contributed by atoms with van der Waals surface area (Å²) in [5.74, 6) is 0.228. The third-order valence-electron chi connectivity index (χ3n) is 3.78. The average Bonchev–Trinajstić information content (AvgIpc) is 3.21. The summed E-state index contributed by atoms with van der Waals surface area (Å²) in [6.45, 7) is 0. The van der Waals surface area contributed by atoms with Crippen LogP contribution in [0.3, 0.4) is 0 Å². The number of furan rings is 1. The van der Waals surface area contributed by atoms with Crippen LogP contribution in [0.25, 0.3) is 6.08 Å². The highest BCUT2D eigenvalue weighted by Crippen LogP contribution is 2.17. The lowest BCUT2D eigenvalue weighted by atomic mass is 10.2. The van der Waals surface area contributed by atoms with Gasteiger partial charge in [0.1, 0.15) is 17.2 Å². The molecule has 0 bridgehead atoms. The van der Waals surface area contributed by atoms with Gasteiger partial charge in [0, 0.05) is 21.8 Å². The van der Waals surface area contributed by atoms with Gasteiger partial charge < -0.3 is 19.8 Å². The van der Waals surface area contributed by atoms with Gasteiger partial charge in [0.25, 0.3) is 11.8 Å². The number of amides is 2. The summed E-state index contributed by atoms with van der Waals surface area (Å²) in [6.07, 6.45) is 2.96. The highest BCUT2D eigenvalue weighted by atomic mass is 79.9. The summed E-state index contributed by atoms with van der Waals surface area (Å²) in [5, 5.41) is 5.39. The minimum absolute atomic E-state index is 0.0543. The molecule has 0 radical (unpaired) electrons. The van der Waals surface area contributed by atoms with Gasteiger partial charge in [-0.1, -0.05) is 15.9 Å². The van der Waals surface area contributed by atoms with Crippen LogP contribution in [0.2, 0.25) is 0 Å². The number of nitrogens with one attached hydrogen (secondary N) is 2. The van der Waals surface area contributed by atoms with Gasteiger partial charge in [-0.25, -0.2) is 0 Å². The van der Waals surface area contributed by atoms with Crippen LogP contribution < -0.4 is 15.4 Å². The molecule has 0 spiro atoms. The summed E-state index contributed by atoms with van der Waals surface area (Å²) < 4.78 is 11.2. The Balaban J connectivity index is 1.80. The fraction of sp³-hybridized carbons (Fsp3) is 0.0476. The van der Waals surface area contributed by atoms with E-state index >= 15 is 0 Å². The lowest BCUT2D eigenvalue weighted by Gasteiger charge is -2.11. The molecule has 2 N–H and O–H groups in total. The van der Waals surface area contributed by atoms with Gasteiger partial charge in [-0.15, -0.1) is 0 Å². The van der Waals surface area contributed by atoms with Crippen molar-refractivity contribution in [1.82, 2.24) is 5.32 Å². The second-order valence-electron chi connectivity index (χ2n) is 5.72. The highest BCUT2D eigenvalue weighted by Gasteiger charge is 2.16. The Labute approximate surface area is 170 Å². The molecule has 0 atom stereocenters. The SMILES string of the molecule is COc1ccc(NC(=O)C(=Cc2ccco2)NC(=O)c2ccc(Br)cc2)cc1. The van der Waals surface area contributed by atoms with E-state index in [0.717, 1.165) is 4.47 Å². The molecule has 2 amide bonds. The first kappa shape index (κ1) is 19.4. The van der Waals surface area contributed by atoms with Crippen molar-refractivity contribution in [2.45, 2.75) is 0 Å². The standard InChI is InChI=1S/C21H17BrN2O4/c1-27-17-10-8-16(9-11-17)23-21(26)19(13-18-3-2-12-28-18)24-20(25)14-4-6-15(22)7-5-14/h2-13H,1H3,(H,23,26)(H,24,25). The van der Waals surface area contributed by atoms with E-state index in [-0.39, 0.29) is 5.70 Å². The monoisotopic (exact) mass is 440 g/mol. The first-order valence-corrected chi connectivity index (χ1v) is 9.12. The topological polar surface area (TPSA) is 80.6 Å². The van der Waals surface area contributed by atoms with E-state index in [9.17, 15) is 9.59 Å². The molecule has 1 heterocycles. The van der Waals surface area contributed by atoms with E-state index in [1.54, 1.807) is 67.8 Å². The second kappa shape index (κ2) is 9.05. The third kappa shape index (κ3) is 5.11. The van der Waals surface area contributed by atoms with Crippen LogP contribution in [0, 0.1) is 0 Å². The summed E-state index contributed by atoms with van der Waals surface area (Å²) in [7, 11) is 1.56. The Morgan fingerprint density at radius 3 is 2.36 bits per heavy atom. The maximum atomic E-state index is 12.7. The van der Waals surface area contributed by atoms with Crippen LogP contribution in [0.4, 0.5) is 5.69 Å². The van der Waals surface area contributed by atoms with Crippen molar-refractivity contribution in [2.75, 3.05) is 12.4 Å². The Bertz CT molecular complexity index is 978. The first-order valence-electron chi connectivity index (χ1n) is 8.32. The largest absolute Gasteiger partial charge is 0.497 e. The van der Waals surface area contributed by atoms with E-state index in [2.05, 4.69) is 26.6 Å². The molecular formula is C21H17BrN2O4. The molecule has 0 aliphatic heterocycles. The van der Waals surface area contributed by atoms with E-state index < -0.39 is 11.8 Å². The Morgan fingerprint density at radius 1 is 1.04 bits per heavy atom. The van der Waals surface area contributed by atoms with E-state index in [4.69, 9.17) is 9.15 Å². The average molecular weight is 441 g/mol. The van der Waals surface area contributed by atoms with Gasteiger partial charge in [-0.05, 0) is 60.7 Å². The molecule has 0 saturated heterocycles. The van der Waals surface area contributed by atoms with Crippen LogP contribution in [-0.2, 0) is 4.79 Å². The second-order valence-corrected chi connectivity index (χ2v) is 6.63. The maximum Gasteiger partial charge on any atom is 0.272 e. The smallest absolute Gasteiger partial charge is 0.272 e. The molecule has 0 unspecified atom stereocenters. The van der Waals surface area contributed by atoms with Crippen LogP contribution >= 0.6 is 15.9 Å².